The van der Waals surface area contributed by atoms with Crippen LogP contribution in [0.5, 0.6) is 0 Å². The number of aromatic nitrogens is 1. The molecule has 2 aromatic carbocycles. The second-order valence-electron chi connectivity index (χ2n) is 6.54. The van der Waals surface area contributed by atoms with E-state index in [0.29, 0.717) is 11.4 Å². The van der Waals surface area contributed by atoms with Gasteiger partial charge in [-0.2, -0.15) is 0 Å². The van der Waals surface area contributed by atoms with Gasteiger partial charge in [0.25, 0.3) is 5.91 Å². The van der Waals surface area contributed by atoms with E-state index in [4.69, 9.17) is 0 Å². The summed E-state index contributed by atoms with van der Waals surface area (Å²) in [5, 5.41) is 6.22. The van der Waals surface area contributed by atoms with E-state index in [2.05, 4.69) is 34.4 Å². The van der Waals surface area contributed by atoms with Crippen LogP contribution in [0.1, 0.15) is 29.8 Å². The van der Waals surface area contributed by atoms with Crippen LogP contribution in [-0.2, 0) is 0 Å². The molecule has 0 fully saturated rings. The molecule has 2 N–H and O–H groups in total. The van der Waals surface area contributed by atoms with Crippen LogP contribution in [-0.4, -0.2) is 24.0 Å². The summed E-state index contributed by atoms with van der Waals surface area (Å²) in [6.07, 6.45) is 1.64. The number of carbonyl (C=O) groups excluding carboxylic acids is 1. The number of anilines is 4. The van der Waals surface area contributed by atoms with Gasteiger partial charge in [-0.1, -0.05) is 18.2 Å². The Hall–Kier alpha value is -3.34. The summed E-state index contributed by atoms with van der Waals surface area (Å²) in [5.74, 6) is 0.477. The van der Waals surface area contributed by atoms with Crippen molar-refractivity contribution in [3.8, 4) is 0 Å². The smallest absolute Gasteiger partial charge is 0.255 e. The van der Waals surface area contributed by atoms with Crippen molar-refractivity contribution in [1.82, 2.24) is 4.98 Å². The van der Waals surface area contributed by atoms with Crippen molar-refractivity contribution < 1.29 is 4.79 Å². The van der Waals surface area contributed by atoms with Gasteiger partial charge in [-0.25, -0.2) is 4.98 Å². The number of nitrogens with zero attached hydrogens (tertiary/aromatic N) is 2. The van der Waals surface area contributed by atoms with Gasteiger partial charge < -0.3 is 15.5 Å². The van der Waals surface area contributed by atoms with E-state index in [1.165, 1.54) is 0 Å². The molecule has 1 amide bonds. The summed E-state index contributed by atoms with van der Waals surface area (Å²) in [6, 6.07) is 19.4. The third kappa shape index (κ3) is 4.68. The lowest BCUT2D eigenvalue weighted by Crippen LogP contribution is -2.21. The van der Waals surface area contributed by atoms with Gasteiger partial charge in [-0.3, -0.25) is 4.79 Å². The van der Waals surface area contributed by atoms with E-state index < -0.39 is 0 Å². The number of rotatable bonds is 7. The van der Waals surface area contributed by atoms with Crippen LogP contribution in [0.3, 0.4) is 0 Å². The lowest BCUT2D eigenvalue weighted by molar-refractivity contribution is 0.102. The predicted molar refractivity (Wildman–Crippen MR) is 117 cm³/mol. The molecule has 1 aromatic heterocycles. The number of pyridine rings is 1. The zero-order valence-corrected chi connectivity index (χ0v) is 16.6. The number of carbonyl (C=O) groups is 1. The Bertz CT molecular complexity index is 933. The number of hydrogen-bond donors (Lipinski definition) is 2. The number of nitrogens with one attached hydrogen (secondary N) is 2. The Morgan fingerprint density at radius 2 is 1.71 bits per heavy atom. The molecule has 0 unspecified atom stereocenters. The fourth-order valence-electron chi connectivity index (χ4n) is 3.04. The minimum Gasteiger partial charge on any atom is -0.372 e. The molecule has 0 aliphatic carbocycles. The fraction of sp³-hybridized carbons (Fsp3) is 0.217. The maximum absolute atomic E-state index is 12.6. The molecule has 5 nitrogen and oxygen atoms in total. The van der Waals surface area contributed by atoms with Gasteiger partial charge in [0.15, 0.2) is 0 Å². The number of para-hydroxylation sites is 1. The normalized spacial score (nSPS) is 10.4. The highest BCUT2D eigenvalue weighted by molar-refractivity contribution is 6.04. The highest BCUT2D eigenvalue weighted by Crippen LogP contribution is 2.21. The second kappa shape index (κ2) is 9.04. The van der Waals surface area contributed by atoms with Crippen LogP contribution in [0, 0.1) is 6.92 Å². The zero-order chi connectivity index (χ0) is 19.9. The maximum Gasteiger partial charge on any atom is 0.255 e. The van der Waals surface area contributed by atoms with Gasteiger partial charge in [0.1, 0.15) is 5.82 Å². The van der Waals surface area contributed by atoms with Gasteiger partial charge in [0, 0.05) is 41.9 Å². The topological polar surface area (TPSA) is 57.3 Å². The van der Waals surface area contributed by atoms with Crippen LogP contribution in [0.4, 0.5) is 22.9 Å². The van der Waals surface area contributed by atoms with Crippen molar-refractivity contribution in [3.05, 3.63) is 78.0 Å². The highest BCUT2D eigenvalue weighted by atomic mass is 16.1. The molecule has 5 heteroatoms. The van der Waals surface area contributed by atoms with E-state index in [1.807, 2.05) is 55.5 Å². The van der Waals surface area contributed by atoms with Gasteiger partial charge in [-0.05, 0) is 68.8 Å². The quantitative estimate of drug-likeness (QED) is 0.594. The first-order chi connectivity index (χ1) is 13.6. The van der Waals surface area contributed by atoms with E-state index in [9.17, 15) is 4.79 Å². The number of benzene rings is 2. The van der Waals surface area contributed by atoms with Crippen LogP contribution in [0.25, 0.3) is 0 Å². The molecule has 0 aliphatic rings. The molecular weight excluding hydrogens is 348 g/mol. The minimum absolute atomic E-state index is 0.161. The zero-order valence-electron chi connectivity index (χ0n) is 16.6. The van der Waals surface area contributed by atoms with Gasteiger partial charge in [0.2, 0.25) is 0 Å². The third-order valence-electron chi connectivity index (χ3n) is 4.68. The summed E-state index contributed by atoms with van der Waals surface area (Å²) >= 11 is 0. The Morgan fingerprint density at radius 1 is 1.00 bits per heavy atom. The average Bonchev–Trinajstić information content (AvgIpc) is 2.72. The van der Waals surface area contributed by atoms with Crippen LogP contribution < -0.4 is 15.5 Å². The Kier molecular flexibility index (Phi) is 6.27. The minimum atomic E-state index is -0.161. The van der Waals surface area contributed by atoms with Gasteiger partial charge in [0.05, 0.1) is 0 Å². The fourth-order valence-corrected chi connectivity index (χ4v) is 3.04. The second-order valence-corrected chi connectivity index (χ2v) is 6.54. The highest BCUT2D eigenvalue weighted by Gasteiger charge is 2.09. The Morgan fingerprint density at radius 3 is 2.39 bits per heavy atom. The molecule has 0 radical (unpaired) electrons. The van der Waals surface area contributed by atoms with Gasteiger partial charge >= 0.3 is 0 Å². The average molecular weight is 374 g/mol. The Labute approximate surface area is 166 Å². The maximum atomic E-state index is 12.6. The largest absolute Gasteiger partial charge is 0.372 e. The van der Waals surface area contributed by atoms with E-state index >= 15 is 0 Å². The molecule has 144 valence electrons. The van der Waals surface area contributed by atoms with Crippen molar-refractivity contribution >= 4 is 28.8 Å². The predicted octanol–water partition coefficient (Wildman–Crippen LogP) is 5.23. The summed E-state index contributed by atoms with van der Waals surface area (Å²) < 4.78 is 0. The van der Waals surface area contributed by atoms with Crippen molar-refractivity contribution in [2.45, 2.75) is 20.8 Å². The lowest BCUT2D eigenvalue weighted by Gasteiger charge is -2.21. The number of amides is 1. The van der Waals surface area contributed by atoms with Crippen molar-refractivity contribution in [2.75, 3.05) is 28.6 Å². The summed E-state index contributed by atoms with van der Waals surface area (Å²) in [5.41, 5.74) is 4.56. The lowest BCUT2D eigenvalue weighted by atomic mass is 10.2. The standard InChI is InChI=1S/C23H26N4O/c1-4-27(5-2)20-12-10-19(11-13-20)25-23(28)18-14-15-24-22(16-18)26-21-9-7-6-8-17(21)3/h6-16H,4-5H2,1-3H3,(H,24,26)(H,25,28). The SMILES string of the molecule is CCN(CC)c1ccc(NC(=O)c2ccnc(Nc3ccccc3C)c2)cc1. The molecule has 0 spiro atoms. The van der Waals surface area contributed by atoms with Crippen molar-refractivity contribution in [2.24, 2.45) is 0 Å². The van der Waals surface area contributed by atoms with Crippen molar-refractivity contribution in [3.63, 3.8) is 0 Å². The molecule has 0 saturated carbocycles. The first-order valence-corrected chi connectivity index (χ1v) is 9.55. The van der Waals surface area contributed by atoms with Crippen LogP contribution in [0.15, 0.2) is 66.9 Å². The van der Waals surface area contributed by atoms with Crippen LogP contribution in [0.2, 0.25) is 0 Å². The summed E-state index contributed by atoms with van der Waals surface area (Å²) in [4.78, 5) is 19.2. The molecule has 1 heterocycles. The first-order valence-electron chi connectivity index (χ1n) is 9.55. The van der Waals surface area contributed by atoms with Crippen LogP contribution >= 0.6 is 0 Å². The van der Waals surface area contributed by atoms with E-state index in [1.54, 1.807) is 18.3 Å². The molecular formula is C23H26N4O. The monoisotopic (exact) mass is 374 g/mol. The van der Waals surface area contributed by atoms with Crippen molar-refractivity contribution in [1.29, 1.82) is 0 Å². The summed E-state index contributed by atoms with van der Waals surface area (Å²) in [7, 11) is 0. The third-order valence-corrected chi connectivity index (χ3v) is 4.68. The molecule has 3 aromatic rings. The van der Waals surface area contributed by atoms with E-state index in [0.717, 1.165) is 35.7 Å². The summed E-state index contributed by atoms with van der Waals surface area (Å²) in [6.45, 7) is 8.20. The molecule has 3 rings (SSSR count). The first kappa shape index (κ1) is 19.4. The molecule has 0 saturated heterocycles. The number of aryl methyl sites for hydroxylation is 1. The Balaban J connectivity index is 1.70. The number of hydrogen-bond acceptors (Lipinski definition) is 4. The molecule has 0 bridgehead atoms. The van der Waals surface area contributed by atoms with Gasteiger partial charge in [-0.15, -0.1) is 0 Å². The molecule has 28 heavy (non-hydrogen) atoms. The molecule has 0 atom stereocenters. The van der Waals surface area contributed by atoms with E-state index in [-0.39, 0.29) is 5.91 Å². The molecule has 0 aliphatic heterocycles.